The number of hydrogen-bond donors (Lipinski definition) is 2. The summed E-state index contributed by atoms with van der Waals surface area (Å²) in [6, 6.07) is 8.55. The Morgan fingerprint density at radius 2 is 1.80 bits per heavy atom. The number of alkyl halides is 3. The summed E-state index contributed by atoms with van der Waals surface area (Å²) in [4.78, 5) is 10.5. The van der Waals surface area contributed by atoms with Crippen LogP contribution in [0.1, 0.15) is 16.7 Å². The van der Waals surface area contributed by atoms with Crippen LogP contribution in [-0.2, 0) is 17.4 Å². The van der Waals surface area contributed by atoms with Gasteiger partial charge in [0, 0.05) is 11.6 Å². The Bertz CT molecular complexity index is 819. The number of rotatable bonds is 5. The number of phenolic OH excluding ortho intramolecular Hbond substituents is 1. The second-order valence-corrected chi connectivity index (χ2v) is 5.32. The molecule has 0 heterocycles. The normalized spacial score (nSPS) is 11.6. The zero-order valence-corrected chi connectivity index (χ0v) is 13.0. The van der Waals surface area contributed by atoms with E-state index in [1.54, 1.807) is 12.1 Å². The molecule has 0 spiro atoms. The monoisotopic (exact) mass is 348 g/mol. The van der Waals surface area contributed by atoms with Crippen LogP contribution >= 0.6 is 0 Å². The molecule has 0 aliphatic rings. The summed E-state index contributed by atoms with van der Waals surface area (Å²) in [5.74, 6) is -1.94. The van der Waals surface area contributed by atoms with E-state index in [1.165, 1.54) is 30.4 Å². The van der Waals surface area contributed by atoms with Crippen LogP contribution in [-0.4, -0.2) is 16.2 Å². The van der Waals surface area contributed by atoms with Gasteiger partial charge in [0.05, 0.1) is 5.56 Å². The number of phenols is 1. The lowest BCUT2D eigenvalue weighted by Crippen LogP contribution is -2.07. The average Bonchev–Trinajstić information content (AvgIpc) is 2.54. The number of allylic oxidation sites excluding steroid dienone is 1. The first-order valence-corrected chi connectivity index (χ1v) is 7.28. The summed E-state index contributed by atoms with van der Waals surface area (Å²) in [6.07, 6.45) is -0.647. The van der Waals surface area contributed by atoms with Crippen molar-refractivity contribution in [3.05, 3.63) is 71.8 Å². The predicted molar refractivity (Wildman–Crippen MR) is 89.1 cm³/mol. The van der Waals surface area contributed by atoms with Gasteiger partial charge in [-0.05, 0) is 41.3 Å². The quantitative estimate of drug-likeness (QED) is 0.597. The van der Waals surface area contributed by atoms with E-state index in [2.05, 4.69) is 6.58 Å². The predicted octanol–water partition coefficient (Wildman–Crippen LogP) is 4.90. The van der Waals surface area contributed by atoms with E-state index in [4.69, 9.17) is 5.11 Å². The molecule has 0 aromatic heterocycles. The standard InChI is InChI=1S/C19H15F3O3/c1-2-3-13-10-15(18(25)16(11-13)19(20,21)22)14-7-4-12(5-8-14)6-9-17(23)24/h2,4-11,25H,1,3H2,(H,23,24)/b9-6+. The minimum atomic E-state index is -4.68. The molecule has 0 amide bonds. The van der Waals surface area contributed by atoms with E-state index in [1.807, 2.05) is 0 Å². The fraction of sp³-hybridized carbons (Fsp3) is 0.105. The summed E-state index contributed by atoms with van der Waals surface area (Å²) < 4.78 is 39.5. The van der Waals surface area contributed by atoms with Crippen molar-refractivity contribution in [2.24, 2.45) is 0 Å². The van der Waals surface area contributed by atoms with Crippen LogP contribution in [0.2, 0.25) is 0 Å². The Kier molecular flexibility index (Phi) is 5.32. The van der Waals surface area contributed by atoms with Crippen LogP contribution in [0.25, 0.3) is 17.2 Å². The molecule has 2 aromatic rings. The molecule has 0 fully saturated rings. The number of hydrogen-bond acceptors (Lipinski definition) is 2. The molecular formula is C19H15F3O3. The third kappa shape index (κ3) is 4.50. The van der Waals surface area contributed by atoms with Crippen LogP contribution in [0.4, 0.5) is 13.2 Å². The maximum absolute atomic E-state index is 13.2. The molecule has 0 saturated carbocycles. The van der Waals surface area contributed by atoms with Crippen LogP contribution in [0, 0.1) is 0 Å². The van der Waals surface area contributed by atoms with E-state index < -0.39 is 23.5 Å². The van der Waals surface area contributed by atoms with Crippen LogP contribution < -0.4 is 0 Å². The fourth-order valence-electron chi connectivity index (χ4n) is 2.36. The minimum Gasteiger partial charge on any atom is -0.507 e. The van der Waals surface area contributed by atoms with Crippen molar-refractivity contribution in [1.29, 1.82) is 0 Å². The lowest BCUT2D eigenvalue weighted by atomic mass is 9.96. The third-order valence-corrected chi connectivity index (χ3v) is 3.50. The largest absolute Gasteiger partial charge is 0.507 e. The molecule has 25 heavy (non-hydrogen) atoms. The van der Waals surface area contributed by atoms with Gasteiger partial charge in [0.2, 0.25) is 0 Å². The number of carboxylic acid groups (broad SMARTS) is 1. The van der Waals surface area contributed by atoms with E-state index in [0.29, 0.717) is 16.7 Å². The first-order valence-electron chi connectivity index (χ1n) is 7.28. The Hall–Kier alpha value is -3.02. The van der Waals surface area contributed by atoms with Gasteiger partial charge in [-0.15, -0.1) is 6.58 Å². The highest BCUT2D eigenvalue weighted by molar-refractivity contribution is 5.85. The number of benzene rings is 2. The van der Waals surface area contributed by atoms with Crippen molar-refractivity contribution in [3.8, 4) is 16.9 Å². The Morgan fingerprint density at radius 3 is 2.32 bits per heavy atom. The van der Waals surface area contributed by atoms with Gasteiger partial charge in [-0.1, -0.05) is 30.3 Å². The molecule has 0 aliphatic carbocycles. The van der Waals surface area contributed by atoms with Gasteiger partial charge < -0.3 is 10.2 Å². The lowest BCUT2D eigenvalue weighted by molar-refractivity contribution is -0.138. The molecule has 2 aromatic carbocycles. The molecule has 0 atom stereocenters. The zero-order chi connectivity index (χ0) is 18.6. The smallest absolute Gasteiger partial charge is 0.419 e. The average molecular weight is 348 g/mol. The second kappa shape index (κ2) is 7.25. The van der Waals surface area contributed by atoms with E-state index in [-0.39, 0.29) is 12.0 Å². The fourth-order valence-corrected chi connectivity index (χ4v) is 2.36. The highest BCUT2D eigenvalue weighted by Crippen LogP contribution is 2.42. The molecular weight excluding hydrogens is 333 g/mol. The van der Waals surface area contributed by atoms with Crippen LogP contribution in [0.15, 0.2) is 55.1 Å². The van der Waals surface area contributed by atoms with Gasteiger partial charge in [-0.25, -0.2) is 4.79 Å². The van der Waals surface area contributed by atoms with E-state index in [0.717, 1.165) is 12.1 Å². The topological polar surface area (TPSA) is 57.5 Å². The van der Waals surface area contributed by atoms with Crippen molar-refractivity contribution in [3.63, 3.8) is 0 Å². The third-order valence-electron chi connectivity index (χ3n) is 3.50. The minimum absolute atomic E-state index is 0.0560. The van der Waals surface area contributed by atoms with E-state index in [9.17, 15) is 23.1 Å². The van der Waals surface area contributed by atoms with Crippen LogP contribution in [0.5, 0.6) is 5.75 Å². The second-order valence-electron chi connectivity index (χ2n) is 5.32. The molecule has 0 unspecified atom stereocenters. The van der Waals surface area contributed by atoms with Gasteiger partial charge >= 0.3 is 12.1 Å². The molecule has 2 rings (SSSR count). The van der Waals surface area contributed by atoms with Gasteiger partial charge in [0.1, 0.15) is 5.75 Å². The molecule has 0 radical (unpaired) electrons. The maximum atomic E-state index is 13.2. The summed E-state index contributed by atoms with van der Waals surface area (Å²) in [7, 11) is 0. The first kappa shape index (κ1) is 18.3. The highest BCUT2D eigenvalue weighted by Gasteiger charge is 2.35. The molecule has 130 valence electrons. The van der Waals surface area contributed by atoms with Crippen molar-refractivity contribution in [2.45, 2.75) is 12.6 Å². The lowest BCUT2D eigenvalue weighted by Gasteiger charge is -2.15. The maximum Gasteiger partial charge on any atom is 0.419 e. The number of halogens is 3. The van der Waals surface area contributed by atoms with Gasteiger partial charge in [0.25, 0.3) is 0 Å². The summed E-state index contributed by atoms with van der Waals surface area (Å²) in [5.41, 5.74) is 0.299. The number of carbonyl (C=O) groups is 1. The molecule has 0 bridgehead atoms. The molecule has 0 aliphatic heterocycles. The summed E-state index contributed by atoms with van der Waals surface area (Å²) in [6.45, 7) is 3.52. The number of aromatic hydroxyl groups is 1. The number of carboxylic acids is 1. The molecule has 3 nitrogen and oxygen atoms in total. The van der Waals surface area contributed by atoms with Gasteiger partial charge in [-0.3, -0.25) is 0 Å². The van der Waals surface area contributed by atoms with Crippen molar-refractivity contribution < 1.29 is 28.2 Å². The van der Waals surface area contributed by atoms with Crippen molar-refractivity contribution >= 4 is 12.0 Å². The van der Waals surface area contributed by atoms with Crippen molar-refractivity contribution in [2.75, 3.05) is 0 Å². The van der Waals surface area contributed by atoms with E-state index >= 15 is 0 Å². The Morgan fingerprint density at radius 1 is 1.16 bits per heavy atom. The number of aliphatic carboxylic acids is 1. The summed E-state index contributed by atoms with van der Waals surface area (Å²) in [5, 5.41) is 18.7. The Labute approximate surface area is 142 Å². The SMILES string of the molecule is C=CCc1cc(-c2ccc(/C=C/C(=O)O)cc2)c(O)c(C(F)(F)F)c1. The highest BCUT2D eigenvalue weighted by atomic mass is 19.4. The van der Waals surface area contributed by atoms with Gasteiger partial charge in [0.15, 0.2) is 0 Å². The van der Waals surface area contributed by atoms with Crippen molar-refractivity contribution in [1.82, 2.24) is 0 Å². The van der Waals surface area contributed by atoms with Crippen LogP contribution in [0.3, 0.4) is 0 Å². The first-order chi connectivity index (χ1) is 11.7. The Balaban J connectivity index is 2.52. The molecule has 2 N–H and O–H groups in total. The summed E-state index contributed by atoms with van der Waals surface area (Å²) >= 11 is 0. The zero-order valence-electron chi connectivity index (χ0n) is 13.0. The van der Waals surface area contributed by atoms with Gasteiger partial charge in [-0.2, -0.15) is 13.2 Å². The molecule has 6 heteroatoms. The molecule has 0 saturated heterocycles.